The zero-order valence-electron chi connectivity index (χ0n) is 11.0. The molecule has 1 aromatic carbocycles. The van der Waals surface area contributed by atoms with Gasteiger partial charge in [0.05, 0.1) is 11.9 Å². The van der Waals surface area contributed by atoms with E-state index >= 15 is 0 Å². The predicted molar refractivity (Wildman–Crippen MR) is 73.6 cm³/mol. The molecule has 1 aliphatic rings. The molecular formula is C15H19N3. The van der Waals surface area contributed by atoms with E-state index in [-0.39, 0.29) is 5.41 Å². The summed E-state index contributed by atoms with van der Waals surface area (Å²) in [7, 11) is 2.01. The second-order valence-corrected chi connectivity index (χ2v) is 5.27. The smallest absolute Gasteiger partial charge is 0.114 e. The second kappa shape index (κ2) is 4.25. The molecule has 0 radical (unpaired) electrons. The van der Waals surface area contributed by atoms with E-state index in [9.17, 15) is 0 Å². The molecule has 94 valence electrons. The first kappa shape index (κ1) is 11.5. The van der Waals surface area contributed by atoms with Crippen LogP contribution in [-0.2, 0) is 5.41 Å². The van der Waals surface area contributed by atoms with Crippen molar-refractivity contribution in [2.45, 2.75) is 25.2 Å². The minimum atomic E-state index is 0.260. The molecule has 1 saturated carbocycles. The first-order chi connectivity index (χ1) is 8.75. The number of aromatic nitrogens is 2. The summed E-state index contributed by atoms with van der Waals surface area (Å²) in [4.78, 5) is 8.10. The highest BCUT2D eigenvalue weighted by Crippen LogP contribution is 2.46. The average molecular weight is 241 g/mol. The number of benzene rings is 1. The van der Waals surface area contributed by atoms with Gasteiger partial charge in [-0.25, -0.2) is 4.98 Å². The Bertz CT molecular complexity index is 552. The maximum Gasteiger partial charge on any atom is 0.114 e. The van der Waals surface area contributed by atoms with Crippen LogP contribution < -0.4 is 5.32 Å². The Labute approximate surface area is 108 Å². The molecule has 18 heavy (non-hydrogen) atoms. The lowest BCUT2D eigenvalue weighted by molar-refractivity contribution is 0.594. The van der Waals surface area contributed by atoms with Crippen molar-refractivity contribution in [3.63, 3.8) is 0 Å². The fraction of sp³-hybridized carbons (Fsp3) is 0.400. The topological polar surface area (TPSA) is 40.7 Å². The third kappa shape index (κ3) is 1.85. The molecule has 0 spiro atoms. The van der Waals surface area contributed by atoms with Gasteiger partial charge in [-0.1, -0.05) is 24.3 Å². The van der Waals surface area contributed by atoms with Crippen LogP contribution in [0.2, 0.25) is 0 Å². The van der Waals surface area contributed by atoms with Crippen LogP contribution in [0.3, 0.4) is 0 Å². The van der Waals surface area contributed by atoms with Crippen molar-refractivity contribution in [3.05, 3.63) is 41.9 Å². The lowest BCUT2D eigenvalue weighted by Gasteiger charge is -2.11. The van der Waals surface area contributed by atoms with Gasteiger partial charge < -0.3 is 10.3 Å². The summed E-state index contributed by atoms with van der Waals surface area (Å²) < 4.78 is 0. The largest absolute Gasteiger partial charge is 0.341 e. The molecule has 1 aromatic heterocycles. The monoisotopic (exact) mass is 241 g/mol. The van der Waals surface area contributed by atoms with Crippen molar-refractivity contribution >= 4 is 0 Å². The van der Waals surface area contributed by atoms with E-state index in [0.29, 0.717) is 0 Å². The summed E-state index contributed by atoms with van der Waals surface area (Å²) >= 11 is 0. The van der Waals surface area contributed by atoms with Gasteiger partial charge in [0.25, 0.3) is 0 Å². The zero-order chi connectivity index (χ0) is 12.6. The Balaban J connectivity index is 1.93. The molecule has 0 atom stereocenters. The molecule has 0 unspecified atom stereocenters. The standard InChI is InChI=1S/C15H19N3/c1-11-5-3-4-6-12(11)13-9-17-14(18-13)15(7-8-15)10-16-2/h3-6,9,16H,7-8,10H2,1-2H3,(H,17,18). The van der Waals surface area contributed by atoms with E-state index < -0.39 is 0 Å². The lowest BCUT2D eigenvalue weighted by atomic mass is 10.1. The van der Waals surface area contributed by atoms with E-state index in [1.165, 1.54) is 24.0 Å². The minimum Gasteiger partial charge on any atom is -0.341 e. The molecule has 1 fully saturated rings. The fourth-order valence-corrected chi connectivity index (χ4v) is 2.59. The van der Waals surface area contributed by atoms with Gasteiger partial charge in [0.2, 0.25) is 0 Å². The van der Waals surface area contributed by atoms with E-state index in [1.807, 2.05) is 13.2 Å². The van der Waals surface area contributed by atoms with Crippen LogP contribution in [0.5, 0.6) is 0 Å². The fourth-order valence-electron chi connectivity index (χ4n) is 2.59. The van der Waals surface area contributed by atoms with Crippen molar-refractivity contribution in [2.24, 2.45) is 0 Å². The van der Waals surface area contributed by atoms with Crippen molar-refractivity contribution in [1.29, 1.82) is 0 Å². The molecule has 0 bridgehead atoms. The Morgan fingerprint density at radius 2 is 2.11 bits per heavy atom. The Hall–Kier alpha value is -1.61. The van der Waals surface area contributed by atoms with Crippen molar-refractivity contribution in [1.82, 2.24) is 15.3 Å². The van der Waals surface area contributed by atoms with Crippen LogP contribution in [0.4, 0.5) is 0 Å². The SMILES string of the molecule is CNCC1(c2ncc(-c3ccccc3C)[nH]2)CC1. The zero-order valence-corrected chi connectivity index (χ0v) is 11.0. The predicted octanol–water partition coefficient (Wildman–Crippen LogP) is 2.64. The van der Waals surface area contributed by atoms with E-state index in [4.69, 9.17) is 0 Å². The highest BCUT2D eigenvalue weighted by molar-refractivity contribution is 5.63. The molecule has 0 aliphatic heterocycles. The number of rotatable bonds is 4. The normalized spacial score (nSPS) is 16.8. The molecule has 3 heteroatoms. The van der Waals surface area contributed by atoms with Gasteiger partial charge in [-0.05, 0) is 32.4 Å². The number of aryl methyl sites for hydroxylation is 1. The Kier molecular flexibility index (Phi) is 2.71. The van der Waals surface area contributed by atoms with Gasteiger partial charge >= 0.3 is 0 Å². The van der Waals surface area contributed by atoms with Crippen molar-refractivity contribution in [3.8, 4) is 11.3 Å². The Morgan fingerprint density at radius 3 is 2.78 bits per heavy atom. The molecule has 0 saturated heterocycles. The van der Waals surface area contributed by atoms with E-state index in [1.54, 1.807) is 0 Å². The van der Waals surface area contributed by atoms with Gasteiger partial charge in [0.15, 0.2) is 0 Å². The lowest BCUT2D eigenvalue weighted by Crippen LogP contribution is -2.24. The van der Waals surface area contributed by atoms with Gasteiger partial charge in [-0.2, -0.15) is 0 Å². The molecule has 1 aliphatic carbocycles. The summed E-state index contributed by atoms with van der Waals surface area (Å²) in [5.41, 5.74) is 3.92. The molecule has 2 aromatic rings. The van der Waals surface area contributed by atoms with Crippen LogP contribution in [0.25, 0.3) is 11.3 Å². The number of likely N-dealkylation sites (N-methyl/N-ethyl adjacent to an activating group) is 1. The number of hydrogen-bond donors (Lipinski definition) is 2. The van der Waals surface area contributed by atoms with Crippen LogP contribution >= 0.6 is 0 Å². The number of nitrogens with one attached hydrogen (secondary N) is 2. The summed E-state index contributed by atoms with van der Waals surface area (Å²) in [6, 6.07) is 8.42. The molecular weight excluding hydrogens is 222 g/mol. The molecule has 0 amide bonds. The van der Waals surface area contributed by atoms with Crippen LogP contribution in [0, 0.1) is 6.92 Å². The molecule has 3 rings (SSSR count). The third-order valence-corrected chi connectivity index (χ3v) is 3.88. The van der Waals surface area contributed by atoms with E-state index in [0.717, 1.165) is 18.1 Å². The number of H-pyrrole nitrogens is 1. The summed E-state index contributed by atoms with van der Waals surface area (Å²) in [6.45, 7) is 3.14. The van der Waals surface area contributed by atoms with Crippen molar-refractivity contribution in [2.75, 3.05) is 13.6 Å². The maximum absolute atomic E-state index is 4.59. The van der Waals surface area contributed by atoms with Crippen LogP contribution in [0.15, 0.2) is 30.5 Å². The van der Waals surface area contributed by atoms with Crippen molar-refractivity contribution < 1.29 is 0 Å². The number of aromatic amines is 1. The third-order valence-electron chi connectivity index (χ3n) is 3.88. The molecule has 1 heterocycles. The van der Waals surface area contributed by atoms with Gasteiger partial charge in [0.1, 0.15) is 5.82 Å². The van der Waals surface area contributed by atoms with Crippen LogP contribution in [0.1, 0.15) is 24.2 Å². The highest BCUT2D eigenvalue weighted by Gasteiger charge is 2.46. The Morgan fingerprint density at radius 1 is 1.33 bits per heavy atom. The number of nitrogens with zero attached hydrogens (tertiary/aromatic N) is 1. The second-order valence-electron chi connectivity index (χ2n) is 5.27. The molecule has 3 nitrogen and oxygen atoms in total. The first-order valence-corrected chi connectivity index (χ1v) is 6.51. The summed E-state index contributed by atoms with van der Waals surface area (Å²) in [5.74, 6) is 1.13. The average Bonchev–Trinajstić information content (AvgIpc) is 2.99. The van der Waals surface area contributed by atoms with Gasteiger partial charge in [-0.3, -0.25) is 0 Å². The quantitative estimate of drug-likeness (QED) is 0.864. The minimum absolute atomic E-state index is 0.260. The number of hydrogen-bond acceptors (Lipinski definition) is 2. The maximum atomic E-state index is 4.59. The summed E-state index contributed by atoms with van der Waals surface area (Å²) in [6.07, 6.45) is 4.43. The van der Waals surface area contributed by atoms with Crippen LogP contribution in [-0.4, -0.2) is 23.6 Å². The van der Waals surface area contributed by atoms with Gasteiger partial charge in [-0.15, -0.1) is 0 Å². The van der Waals surface area contributed by atoms with Gasteiger partial charge in [0, 0.05) is 17.5 Å². The highest BCUT2D eigenvalue weighted by atomic mass is 15.0. The summed E-state index contributed by atoms with van der Waals surface area (Å²) in [5, 5.41) is 3.27. The molecule has 2 N–H and O–H groups in total. The first-order valence-electron chi connectivity index (χ1n) is 6.51. The van der Waals surface area contributed by atoms with E-state index in [2.05, 4.69) is 46.5 Å². The number of imidazole rings is 1.